The second kappa shape index (κ2) is 7.15. The maximum atomic E-state index is 6.30. The van der Waals surface area contributed by atoms with Crippen molar-refractivity contribution in [3.63, 3.8) is 0 Å². The molecule has 2 aromatic carbocycles. The Morgan fingerprint density at radius 3 is 2.50 bits per heavy atom. The van der Waals surface area contributed by atoms with Crippen LogP contribution in [0, 0.1) is 20.8 Å². The highest BCUT2D eigenvalue weighted by atomic mass is 16.5. The van der Waals surface area contributed by atoms with Gasteiger partial charge >= 0.3 is 0 Å². The minimum Gasteiger partial charge on any atom is -0.437 e. The lowest BCUT2D eigenvalue weighted by Crippen LogP contribution is -2.03. The number of ether oxygens (including phenoxy) is 1. The van der Waals surface area contributed by atoms with Gasteiger partial charge in [0.05, 0.1) is 5.52 Å². The van der Waals surface area contributed by atoms with Crippen LogP contribution in [0.1, 0.15) is 16.8 Å². The fourth-order valence-electron chi connectivity index (χ4n) is 3.16. The Hall–Kier alpha value is -3.67. The Bertz CT molecular complexity index is 1150. The Kier molecular flexibility index (Phi) is 4.53. The molecule has 0 saturated heterocycles. The first kappa shape index (κ1) is 17.7. The van der Waals surface area contributed by atoms with Crippen LogP contribution < -0.4 is 15.8 Å². The largest absolute Gasteiger partial charge is 0.437 e. The van der Waals surface area contributed by atoms with Gasteiger partial charge in [-0.25, -0.2) is 4.98 Å². The molecule has 0 aliphatic rings. The van der Waals surface area contributed by atoms with E-state index in [1.165, 1.54) is 6.33 Å². The molecule has 3 N–H and O–H groups in total. The van der Waals surface area contributed by atoms with Gasteiger partial charge in [0, 0.05) is 16.8 Å². The molecule has 6 nitrogen and oxygen atoms in total. The van der Waals surface area contributed by atoms with Crippen LogP contribution in [0.5, 0.6) is 11.6 Å². The number of nitrogen functional groups attached to an aromatic ring is 1. The number of benzene rings is 2. The summed E-state index contributed by atoms with van der Waals surface area (Å²) in [6.45, 7) is 6.01. The minimum absolute atomic E-state index is 0.316. The molecule has 0 unspecified atom stereocenters. The van der Waals surface area contributed by atoms with E-state index in [0.29, 0.717) is 23.1 Å². The van der Waals surface area contributed by atoms with Gasteiger partial charge in [-0.1, -0.05) is 12.1 Å². The van der Waals surface area contributed by atoms with Crippen LogP contribution in [-0.2, 0) is 0 Å². The van der Waals surface area contributed by atoms with Crippen molar-refractivity contribution in [3.8, 4) is 11.6 Å². The summed E-state index contributed by atoms with van der Waals surface area (Å²) in [5.41, 5.74) is 11.6. The molecular weight excluding hydrogens is 350 g/mol. The van der Waals surface area contributed by atoms with E-state index in [2.05, 4.69) is 26.3 Å². The lowest BCUT2D eigenvalue weighted by atomic mass is 10.1. The van der Waals surface area contributed by atoms with E-state index in [1.54, 1.807) is 0 Å². The fraction of sp³-hybridized carbons (Fsp3) is 0.136. The van der Waals surface area contributed by atoms with Gasteiger partial charge in [-0.15, -0.1) is 0 Å². The summed E-state index contributed by atoms with van der Waals surface area (Å²) >= 11 is 0. The minimum atomic E-state index is 0.316. The Morgan fingerprint density at radius 1 is 0.929 bits per heavy atom. The number of hydrogen-bond acceptors (Lipinski definition) is 6. The van der Waals surface area contributed by atoms with E-state index in [4.69, 9.17) is 10.5 Å². The number of rotatable bonds is 4. The molecule has 0 atom stereocenters. The highest BCUT2D eigenvalue weighted by molar-refractivity contribution is 5.94. The third kappa shape index (κ3) is 3.57. The summed E-state index contributed by atoms with van der Waals surface area (Å²) in [6, 6.07) is 15.9. The third-order valence-electron chi connectivity index (χ3n) is 4.38. The number of nitrogens with two attached hydrogens (primary N) is 1. The summed E-state index contributed by atoms with van der Waals surface area (Å²) < 4.78 is 5.92. The van der Waals surface area contributed by atoms with Crippen LogP contribution in [0.25, 0.3) is 10.9 Å². The topological polar surface area (TPSA) is 86.0 Å². The molecule has 0 aliphatic carbocycles. The molecule has 140 valence electrons. The van der Waals surface area contributed by atoms with E-state index in [-0.39, 0.29) is 0 Å². The smallest absolute Gasteiger partial charge is 0.248 e. The molecule has 0 saturated carbocycles. The number of nitrogens with zero attached hydrogens (tertiary/aromatic N) is 3. The summed E-state index contributed by atoms with van der Waals surface area (Å²) in [7, 11) is 0. The molecule has 6 heteroatoms. The van der Waals surface area contributed by atoms with Crippen molar-refractivity contribution in [2.45, 2.75) is 20.8 Å². The van der Waals surface area contributed by atoms with Gasteiger partial charge in [0.2, 0.25) is 5.88 Å². The number of pyridine rings is 1. The van der Waals surface area contributed by atoms with Crippen LogP contribution >= 0.6 is 0 Å². The summed E-state index contributed by atoms with van der Waals surface area (Å²) in [5, 5.41) is 4.28. The van der Waals surface area contributed by atoms with Gasteiger partial charge in [-0.05, 0) is 68.3 Å². The van der Waals surface area contributed by atoms with Crippen LogP contribution in [0.15, 0.2) is 54.9 Å². The first-order valence-electron chi connectivity index (χ1n) is 8.99. The number of aromatic nitrogens is 3. The zero-order chi connectivity index (χ0) is 19.7. The molecular formula is C22H21N5O. The SMILES string of the molecule is Cc1cc(C)cc(Oc2ncnc(Nc3cccc4nc(C)ccc34)c2N)c1. The lowest BCUT2D eigenvalue weighted by Gasteiger charge is -2.13. The van der Waals surface area contributed by atoms with Crippen molar-refractivity contribution in [2.75, 3.05) is 11.1 Å². The average Bonchev–Trinajstić information content (AvgIpc) is 2.64. The third-order valence-corrected chi connectivity index (χ3v) is 4.38. The molecule has 0 amide bonds. The summed E-state index contributed by atoms with van der Waals surface area (Å²) in [4.78, 5) is 13.0. The van der Waals surface area contributed by atoms with Crippen LogP contribution in [0.3, 0.4) is 0 Å². The first-order chi connectivity index (χ1) is 13.5. The maximum absolute atomic E-state index is 6.30. The predicted molar refractivity (Wildman–Crippen MR) is 112 cm³/mol. The van der Waals surface area contributed by atoms with Crippen molar-refractivity contribution in [1.82, 2.24) is 15.0 Å². The van der Waals surface area contributed by atoms with Crippen molar-refractivity contribution in [3.05, 3.63) is 71.7 Å². The summed E-state index contributed by atoms with van der Waals surface area (Å²) in [6.07, 6.45) is 1.43. The molecule has 4 rings (SSSR count). The Morgan fingerprint density at radius 2 is 1.71 bits per heavy atom. The quantitative estimate of drug-likeness (QED) is 0.521. The maximum Gasteiger partial charge on any atom is 0.248 e. The number of aryl methyl sites for hydroxylation is 3. The molecule has 0 spiro atoms. The highest BCUT2D eigenvalue weighted by Gasteiger charge is 2.12. The number of anilines is 3. The van der Waals surface area contributed by atoms with Gasteiger partial charge in [-0.3, -0.25) is 4.98 Å². The molecule has 28 heavy (non-hydrogen) atoms. The molecule has 0 radical (unpaired) electrons. The first-order valence-corrected chi connectivity index (χ1v) is 8.99. The Labute approximate surface area is 163 Å². The number of hydrogen-bond donors (Lipinski definition) is 2. The molecule has 2 aromatic heterocycles. The van der Waals surface area contributed by atoms with Gasteiger partial charge in [0.1, 0.15) is 17.8 Å². The van der Waals surface area contributed by atoms with E-state index >= 15 is 0 Å². The fourth-order valence-corrected chi connectivity index (χ4v) is 3.16. The van der Waals surface area contributed by atoms with Crippen LogP contribution in [0.4, 0.5) is 17.2 Å². The monoisotopic (exact) mass is 371 g/mol. The molecule has 4 aromatic rings. The zero-order valence-corrected chi connectivity index (χ0v) is 16.0. The average molecular weight is 371 g/mol. The second-order valence-electron chi connectivity index (χ2n) is 6.82. The summed E-state index contributed by atoms with van der Waals surface area (Å²) in [5.74, 6) is 1.50. The van der Waals surface area contributed by atoms with E-state index in [9.17, 15) is 0 Å². The highest BCUT2D eigenvalue weighted by Crippen LogP contribution is 2.33. The zero-order valence-electron chi connectivity index (χ0n) is 16.0. The van der Waals surface area contributed by atoms with E-state index in [0.717, 1.165) is 33.4 Å². The van der Waals surface area contributed by atoms with Crippen molar-refractivity contribution in [1.29, 1.82) is 0 Å². The van der Waals surface area contributed by atoms with Gasteiger partial charge < -0.3 is 15.8 Å². The van der Waals surface area contributed by atoms with Crippen molar-refractivity contribution >= 4 is 28.1 Å². The van der Waals surface area contributed by atoms with Crippen molar-refractivity contribution in [2.24, 2.45) is 0 Å². The van der Waals surface area contributed by atoms with Gasteiger partial charge in [-0.2, -0.15) is 4.98 Å². The van der Waals surface area contributed by atoms with E-state index < -0.39 is 0 Å². The molecule has 2 heterocycles. The molecule has 0 bridgehead atoms. The van der Waals surface area contributed by atoms with Gasteiger partial charge in [0.15, 0.2) is 5.82 Å². The lowest BCUT2D eigenvalue weighted by molar-refractivity contribution is 0.464. The second-order valence-corrected chi connectivity index (χ2v) is 6.82. The van der Waals surface area contributed by atoms with E-state index in [1.807, 2.05) is 63.2 Å². The standard InChI is InChI=1S/C22H21N5O/c1-13-9-14(2)11-16(10-13)28-22-20(23)21(24-12-25-22)27-19-6-4-5-18-17(19)8-7-15(3)26-18/h4-12H,23H2,1-3H3,(H,24,25,27). The van der Waals surface area contributed by atoms with Crippen LogP contribution in [0.2, 0.25) is 0 Å². The number of nitrogens with one attached hydrogen (secondary N) is 1. The van der Waals surface area contributed by atoms with Crippen molar-refractivity contribution < 1.29 is 4.74 Å². The molecule has 0 fully saturated rings. The molecule has 0 aliphatic heterocycles. The van der Waals surface area contributed by atoms with Gasteiger partial charge in [0.25, 0.3) is 0 Å². The predicted octanol–water partition coefficient (Wildman–Crippen LogP) is 5.07. The Balaban J connectivity index is 1.68. The normalized spacial score (nSPS) is 10.8. The van der Waals surface area contributed by atoms with Crippen LogP contribution in [-0.4, -0.2) is 15.0 Å². The number of fused-ring (bicyclic) bond motifs is 1.